The molecule has 0 radical (unpaired) electrons. The zero-order valence-electron chi connectivity index (χ0n) is 29.4. The molecule has 8 rings (SSSR count). The van der Waals surface area contributed by atoms with Crippen LogP contribution in [0.2, 0.25) is 0 Å². The topological polar surface area (TPSA) is 12.9 Å². The lowest BCUT2D eigenvalue weighted by Crippen LogP contribution is -2.52. The Kier molecular flexibility index (Phi) is 7.45. The van der Waals surface area contributed by atoms with Gasteiger partial charge in [-0.1, -0.05) is 204 Å². The van der Waals surface area contributed by atoms with E-state index in [9.17, 15) is 0 Å². The van der Waals surface area contributed by atoms with Crippen molar-refractivity contribution in [1.29, 1.82) is 0 Å². The van der Waals surface area contributed by atoms with E-state index in [0.717, 1.165) is 16.8 Å². The zero-order valence-corrected chi connectivity index (χ0v) is 29.4. The highest BCUT2D eigenvalue weighted by molar-refractivity contribution is 6.95. The van der Waals surface area contributed by atoms with Crippen molar-refractivity contribution in [1.82, 2.24) is 4.98 Å². The summed E-state index contributed by atoms with van der Waals surface area (Å²) < 4.78 is 0. The SMILES string of the molecule is CC(C)(C)c1ccc(B(c2ccc(-c3nc4c5ccccc5ccc4c4c3ccc3ccccc34)cc2)c2ccc(C(C)(C)C)cc2)cc1. The lowest BCUT2D eigenvalue weighted by Gasteiger charge is -2.23. The Hall–Kier alpha value is -5.21. The molecule has 0 saturated carbocycles. The van der Waals surface area contributed by atoms with Crippen molar-refractivity contribution < 1.29 is 0 Å². The number of hydrogen-bond acceptors (Lipinski definition) is 1. The van der Waals surface area contributed by atoms with Crippen LogP contribution in [0, 0.1) is 0 Å². The van der Waals surface area contributed by atoms with Crippen molar-refractivity contribution in [3.05, 3.63) is 157 Å². The van der Waals surface area contributed by atoms with Gasteiger partial charge in [0.2, 0.25) is 6.71 Å². The highest BCUT2D eigenvalue weighted by atomic mass is 14.7. The average Bonchev–Trinajstić information content (AvgIpc) is 3.11. The molecule has 7 aromatic carbocycles. The molecule has 0 aliphatic heterocycles. The van der Waals surface area contributed by atoms with E-state index in [1.54, 1.807) is 0 Å². The van der Waals surface area contributed by atoms with Gasteiger partial charge in [0.15, 0.2) is 0 Å². The van der Waals surface area contributed by atoms with Gasteiger partial charge in [-0.3, -0.25) is 0 Å². The molecule has 0 saturated heterocycles. The maximum atomic E-state index is 5.46. The second-order valence-electron chi connectivity index (χ2n) is 15.7. The number of nitrogens with zero attached hydrogens (tertiary/aromatic N) is 1. The van der Waals surface area contributed by atoms with Gasteiger partial charge in [-0.2, -0.15) is 0 Å². The Labute approximate surface area is 290 Å². The summed E-state index contributed by atoms with van der Waals surface area (Å²) in [5.41, 5.74) is 10.00. The minimum Gasteiger partial charge on any atom is -0.246 e. The van der Waals surface area contributed by atoms with E-state index < -0.39 is 0 Å². The molecule has 1 heterocycles. The maximum absolute atomic E-state index is 5.46. The van der Waals surface area contributed by atoms with Crippen molar-refractivity contribution >= 4 is 66.3 Å². The van der Waals surface area contributed by atoms with Crippen LogP contribution in [0.3, 0.4) is 0 Å². The van der Waals surface area contributed by atoms with E-state index in [2.05, 4.69) is 187 Å². The van der Waals surface area contributed by atoms with Crippen LogP contribution in [0.5, 0.6) is 0 Å². The van der Waals surface area contributed by atoms with E-state index in [1.807, 2.05) is 0 Å². The van der Waals surface area contributed by atoms with E-state index in [-0.39, 0.29) is 17.5 Å². The second-order valence-corrected chi connectivity index (χ2v) is 15.7. The molecule has 8 aromatic rings. The van der Waals surface area contributed by atoms with Crippen molar-refractivity contribution in [2.45, 2.75) is 52.4 Å². The smallest absolute Gasteiger partial charge is 0.241 e. The average molecular weight is 632 g/mol. The molecule has 49 heavy (non-hydrogen) atoms. The molecular formula is C47H42BN. The third-order valence-electron chi connectivity index (χ3n) is 10.3. The van der Waals surface area contributed by atoms with Crippen LogP contribution in [0.15, 0.2) is 146 Å². The van der Waals surface area contributed by atoms with Gasteiger partial charge in [0.1, 0.15) is 0 Å². The molecule has 2 heteroatoms. The largest absolute Gasteiger partial charge is 0.246 e. The standard InChI is InChI=1S/C47H42BN/c1-46(2,3)34-19-25-37(26-20-34)48(38-27-21-35(22-28-38)47(4,5)6)36-23-15-33(16-24-36)44-41-29-17-31-11-7-9-13-39(31)43(41)42-30-18-32-12-8-10-14-40(32)45(42)49-44/h7-30H,1-6H3. The predicted octanol–water partition coefficient (Wildman–Crippen LogP) is 10.5. The Morgan fingerprint density at radius 2 is 0.857 bits per heavy atom. The third kappa shape index (κ3) is 5.60. The molecule has 0 fully saturated rings. The summed E-state index contributed by atoms with van der Waals surface area (Å²) in [6.07, 6.45) is 0. The van der Waals surface area contributed by atoms with Gasteiger partial charge >= 0.3 is 0 Å². The molecule has 0 aliphatic carbocycles. The van der Waals surface area contributed by atoms with Crippen molar-refractivity contribution in [2.24, 2.45) is 0 Å². The van der Waals surface area contributed by atoms with Crippen LogP contribution in [-0.2, 0) is 10.8 Å². The molecule has 238 valence electrons. The Balaban J connectivity index is 1.30. The van der Waals surface area contributed by atoms with Crippen LogP contribution in [0.1, 0.15) is 52.7 Å². The van der Waals surface area contributed by atoms with Crippen LogP contribution in [-0.4, -0.2) is 11.7 Å². The summed E-state index contributed by atoms with van der Waals surface area (Å²) in [5.74, 6) is 0. The minimum atomic E-state index is 0.107. The third-order valence-corrected chi connectivity index (χ3v) is 10.3. The molecule has 0 bridgehead atoms. The van der Waals surface area contributed by atoms with Gasteiger partial charge in [0.25, 0.3) is 0 Å². The first kappa shape index (κ1) is 31.1. The van der Waals surface area contributed by atoms with Gasteiger partial charge in [-0.25, -0.2) is 4.98 Å². The molecule has 0 aliphatic rings. The van der Waals surface area contributed by atoms with Crippen molar-refractivity contribution in [3.63, 3.8) is 0 Å². The summed E-state index contributed by atoms with van der Waals surface area (Å²) >= 11 is 0. The van der Waals surface area contributed by atoms with Crippen molar-refractivity contribution in [2.75, 3.05) is 0 Å². The summed E-state index contributed by atoms with van der Waals surface area (Å²) in [6.45, 7) is 13.8. The van der Waals surface area contributed by atoms with E-state index in [0.29, 0.717) is 0 Å². The molecule has 0 N–H and O–H groups in total. The van der Waals surface area contributed by atoms with Crippen LogP contribution in [0.25, 0.3) is 54.5 Å². The van der Waals surface area contributed by atoms with Gasteiger partial charge in [-0.15, -0.1) is 0 Å². The van der Waals surface area contributed by atoms with Crippen molar-refractivity contribution in [3.8, 4) is 11.3 Å². The van der Waals surface area contributed by atoms with Crippen LogP contribution in [0.4, 0.5) is 0 Å². The predicted molar refractivity (Wildman–Crippen MR) is 215 cm³/mol. The molecule has 1 aromatic heterocycles. The fourth-order valence-corrected chi connectivity index (χ4v) is 7.49. The number of aromatic nitrogens is 1. The molecular weight excluding hydrogens is 589 g/mol. The number of benzene rings is 7. The van der Waals surface area contributed by atoms with Crippen LogP contribution < -0.4 is 16.4 Å². The molecule has 1 nitrogen and oxygen atoms in total. The first-order valence-electron chi connectivity index (χ1n) is 17.5. The Bertz CT molecular complexity index is 2420. The number of hydrogen-bond donors (Lipinski definition) is 0. The number of fused-ring (bicyclic) bond motifs is 7. The molecule has 0 amide bonds. The summed E-state index contributed by atoms with van der Waals surface area (Å²) in [4.78, 5) is 5.46. The molecule has 0 spiro atoms. The normalized spacial score (nSPS) is 12.3. The summed E-state index contributed by atoms with van der Waals surface area (Å²) in [5, 5.41) is 8.55. The Morgan fingerprint density at radius 3 is 1.39 bits per heavy atom. The fraction of sp³-hybridized carbons (Fsp3) is 0.170. The number of pyridine rings is 1. The monoisotopic (exact) mass is 631 g/mol. The number of rotatable bonds is 4. The van der Waals surface area contributed by atoms with E-state index in [4.69, 9.17) is 4.98 Å². The van der Waals surface area contributed by atoms with Gasteiger partial charge < -0.3 is 0 Å². The van der Waals surface area contributed by atoms with Gasteiger partial charge in [0, 0.05) is 27.1 Å². The van der Waals surface area contributed by atoms with E-state index >= 15 is 0 Å². The molecule has 0 atom stereocenters. The quantitative estimate of drug-likeness (QED) is 0.139. The van der Waals surface area contributed by atoms with E-state index in [1.165, 1.54) is 65.2 Å². The van der Waals surface area contributed by atoms with Gasteiger partial charge in [-0.05, 0) is 38.1 Å². The highest BCUT2D eigenvalue weighted by Crippen LogP contribution is 2.39. The first-order chi connectivity index (χ1) is 23.6. The lowest BCUT2D eigenvalue weighted by molar-refractivity contribution is 0.590. The first-order valence-corrected chi connectivity index (χ1v) is 17.5. The highest BCUT2D eigenvalue weighted by Gasteiger charge is 2.24. The zero-order chi connectivity index (χ0) is 33.9. The minimum absolute atomic E-state index is 0.107. The maximum Gasteiger partial charge on any atom is 0.241 e. The van der Waals surface area contributed by atoms with Crippen LogP contribution >= 0.6 is 0 Å². The van der Waals surface area contributed by atoms with Gasteiger partial charge in [0.05, 0.1) is 11.2 Å². The Morgan fingerprint density at radius 1 is 0.408 bits per heavy atom. The molecule has 0 unspecified atom stereocenters. The lowest BCUT2D eigenvalue weighted by atomic mass is 9.36. The second kappa shape index (κ2) is 11.7. The fourth-order valence-electron chi connectivity index (χ4n) is 7.49. The summed E-state index contributed by atoms with van der Waals surface area (Å²) in [6, 6.07) is 54.0. The summed E-state index contributed by atoms with van der Waals surface area (Å²) in [7, 11) is 0.